The van der Waals surface area contributed by atoms with Crippen molar-refractivity contribution in [2.75, 3.05) is 26.2 Å². The molecule has 2 aliphatic heterocycles. The summed E-state index contributed by atoms with van der Waals surface area (Å²) in [5.74, 6) is -0.153. The number of aryl methyl sites for hydroxylation is 1. The fourth-order valence-electron chi connectivity index (χ4n) is 4.13. The summed E-state index contributed by atoms with van der Waals surface area (Å²) in [5.41, 5.74) is 3.48. The third-order valence-corrected chi connectivity index (χ3v) is 5.60. The molecule has 26 heavy (non-hydrogen) atoms. The largest absolute Gasteiger partial charge is 0.375 e. The number of aromatic nitrogens is 1. The first kappa shape index (κ1) is 17.6. The smallest absolute Gasteiger partial charge is 0.123 e. The standard InChI is InChI=1S/C21H26FN3O/c1-16-4-5-19(22)11-18(16)14-24-8-6-21-20(15-24)25(9-10-26-21)13-17-3-2-7-23-12-17/h2-5,7,11-12,20-21H,6,8-10,13-15H2,1H3/t20-,21-/m1/s1. The highest BCUT2D eigenvalue weighted by molar-refractivity contribution is 5.26. The Morgan fingerprint density at radius 3 is 3.00 bits per heavy atom. The summed E-state index contributed by atoms with van der Waals surface area (Å²) in [6.07, 6.45) is 5.09. The van der Waals surface area contributed by atoms with Gasteiger partial charge in [0.25, 0.3) is 0 Å². The normalized spacial score (nSPS) is 24.4. The van der Waals surface area contributed by atoms with Crippen molar-refractivity contribution in [3.8, 4) is 0 Å². The van der Waals surface area contributed by atoms with Gasteiger partial charge in [0.15, 0.2) is 0 Å². The van der Waals surface area contributed by atoms with E-state index in [1.54, 1.807) is 6.07 Å². The van der Waals surface area contributed by atoms with Crippen LogP contribution in [0.25, 0.3) is 0 Å². The molecule has 4 nitrogen and oxygen atoms in total. The maximum absolute atomic E-state index is 13.6. The highest BCUT2D eigenvalue weighted by atomic mass is 19.1. The van der Waals surface area contributed by atoms with Gasteiger partial charge in [-0.3, -0.25) is 14.8 Å². The number of fused-ring (bicyclic) bond motifs is 1. The van der Waals surface area contributed by atoms with Crippen LogP contribution >= 0.6 is 0 Å². The second kappa shape index (κ2) is 7.82. The van der Waals surface area contributed by atoms with Gasteiger partial charge in [-0.05, 0) is 48.2 Å². The molecule has 5 heteroatoms. The number of hydrogen-bond acceptors (Lipinski definition) is 4. The molecule has 3 heterocycles. The summed E-state index contributed by atoms with van der Waals surface area (Å²) < 4.78 is 19.7. The van der Waals surface area contributed by atoms with E-state index in [1.165, 1.54) is 11.6 Å². The van der Waals surface area contributed by atoms with Crippen LogP contribution in [0.4, 0.5) is 4.39 Å². The Morgan fingerprint density at radius 2 is 2.15 bits per heavy atom. The van der Waals surface area contributed by atoms with E-state index in [4.69, 9.17) is 4.74 Å². The summed E-state index contributed by atoms with van der Waals surface area (Å²) in [6.45, 7) is 7.46. The highest BCUT2D eigenvalue weighted by Gasteiger charge is 2.37. The van der Waals surface area contributed by atoms with E-state index in [9.17, 15) is 4.39 Å². The van der Waals surface area contributed by atoms with Crippen molar-refractivity contribution < 1.29 is 9.13 Å². The van der Waals surface area contributed by atoms with Crippen LogP contribution in [-0.2, 0) is 17.8 Å². The Hall–Kier alpha value is -1.82. The van der Waals surface area contributed by atoms with Gasteiger partial charge in [-0.1, -0.05) is 12.1 Å². The van der Waals surface area contributed by atoms with Crippen molar-refractivity contribution in [2.24, 2.45) is 0 Å². The van der Waals surface area contributed by atoms with Crippen LogP contribution in [0.5, 0.6) is 0 Å². The second-order valence-electron chi connectivity index (χ2n) is 7.40. The molecule has 4 rings (SSSR count). The summed E-state index contributed by atoms with van der Waals surface area (Å²) >= 11 is 0. The molecule has 2 aliphatic rings. The zero-order valence-corrected chi connectivity index (χ0v) is 15.3. The van der Waals surface area contributed by atoms with Gasteiger partial charge in [0.05, 0.1) is 12.7 Å². The van der Waals surface area contributed by atoms with Crippen LogP contribution < -0.4 is 0 Å². The van der Waals surface area contributed by atoms with Gasteiger partial charge in [-0.2, -0.15) is 0 Å². The van der Waals surface area contributed by atoms with E-state index < -0.39 is 0 Å². The number of pyridine rings is 1. The monoisotopic (exact) mass is 355 g/mol. The van der Waals surface area contributed by atoms with E-state index in [0.717, 1.165) is 56.9 Å². The zero-order valence-electron chi connectivity index (χ0n) is 15.3. The third kappa shape index (κ3) is 3.95. The molecule has 138 valence electrons. The number of ether oxygens (including phenoxy) is 1. The predicted molar refractivity (Wildman–Crippen MR) is 99.2 cm³/mol. The molecule has 0 N–H and O–H groups in total. The van der Waals surface area contributed by atoms with Crippen molar-refractivity contribution >= 4 is 0 Å². The van der Waals surface area contributed by atoms with Crippen molar-refractivity contribution in [3.63, 3.8) is 0 Å². The summed E-state index contributed by atoms with van der Waals surface area (Å²) in [4.78, 5) is 9.20. The van der Waals surface area contributed by atoms with Crippen molar-refractivity contribution in [3.05, 3.63) is 65.2 Å². The number of morpholine rings is 1. The first-order chi connectivity index (χ1) is 12.7. The van der Waals surface area contributed by atoms with Gasteiger partial charge < -0.3 is 4.74 Å². The summed E-state index contributed by atoms with van der Waals surface area (Å²) in [6, 6.07) is 9.59. The third-order valence-electron chi connectivity index (χ3n) is 5.60. The summed E-state index contributed by atoms with van der Waals surface area (Å²) in [5, 5.41) is 0. The fourth-order valence-corrected chi connectivity index (χ4v) is 4.13. The number of benzene rings is 1. The highest BCUT2D eigenvalue weighted by Crippen LogP contribution is 2.26. The first-order valence-corrected chi connectivity index (χ1v) is 9.41. The van der Waals surface area contributed by atoms with Crippen molar-refractivity contribution in [2.45, 2.75) is 38.6 Å². The Bertz CT molecular complexity index is 739. The quantitative estimate of drug-likeness (QED) is 0.843. The van der Waals surface area contributed by atoms with E-state index in [2.05, 4.69) is 27.8 Å². The molecular formula is C21H26FN3O. The maximum atomic E-state index is 13.6. The van der Waals surface area contributed by atoms with E-state index >= 15 is 0 Å². The van der Waals surface area contributed by atoms with Crippen molar-refractivity contribution in [1.29, 1.82) is 0 Å². The number of hydrogen-bond donors (Lipinski definition) is 0. The minimum atomic E-state index is -0.153. The van der Waals surface area contributed by atoms with Gasteiger partial charge >= 0.3 is 0 Å². The molecule has 0 bridgehead atoms. The molecule has 2 atom stereocenters. The molecule has 0 radical (unpaired) electrons. The Balaban J connectivity index is 1.45. The van der Waals surface area contributed by atoms with E-state index in [1.807, 2.05) is 24.5 Å². The molecule has 2 fully saturated rings. The van der Waals surface area contributed by atoms with Gasteiger partial charge in [0, 0.05) is 51.2 Å². The molecule has 1 aromatic carbocycles. The van der Waals surface area contributed by atoms with Crippen LogP contribution in [0.3, 0.4) is 0 Å². The molecule has 2 aromatic rings. The average Bonchev–Trinajstić information content (AvgIpc) is 2.66. The van der Waals surface area contributed by atoms with Gasteiger partial charge in [-0.25, -0.2) is 4.39 Å². The van der Waals surface area contributed by atoms with Crippen LogP contribution in [-0.4, -0.2) is 53.2 Å². The molecule has 0 amide bonds. The average molecular weight is 355 g/mol. The summed E-state index contributed by atoms with van der Waals surface area (Å²) in [7, 11) is 0. The maximum Gasteiger partial charge on any atom is 0.123 e. The fraction of sp³-hybridized carbons (Fsp3) is 0.476. The van der Waals surface area contributed by atoms with E-state index in [0.29, 0.717) is 12.1 Å². The van der Waals surface area contributed by atoms with Crippen LogP contribution in [0.1, 0.15) is 23.1 Å². The number of likely N-dealkylation sites (tertiary alicyclic amines) is 1. The molecular weight excluding hydrogens is 329 g/mol. The van der Waals surface area contributed by atoms with E-state index in [-0.39, 0.29) is 5.82 Å². The lowest BCUT2D eigenvalue weighted by molar-refractivity contribution is -0.107. The lowest BCUT2D eigenvalue weighted by atomic mass is 9.97. The number of piperidine rings is 1. The molecule has 0 unspecified atom stereocenters. The topological polar surface area (TPSA) is 28.6 Å². The van der Waals surface area contributed by atoms with Crippen LogP contribution in [0.15, 0.2) is 42.7 Å². The number of rotatable bonds is 4. The Labute approximate surface area is 154 Å². The van der Waals surface area contributed by atoms with Crippen LogP contribution in [0.2, 0.25) is 0 Å². The molecule has 1 aromatic heterocycles. The molecule has 2 saturated heterocycles. The van der Waals surface area contributed by atoms with Gasteiger partial charge in [0.1, 0.15) is 5.82 Å². The molecule has 0 aliphatic carbocycles. The molecule has 0 saturated carbocycles. The Kier molecular flexibility index (Phi) is 5.29. The van der Waals surface area contributed by atoms with Gasteiger partial charge in [0.2, 0.25) is 0 Å². The number of nitrogens with zero attached hydrogens (tertiary/aromatic N) is 3. The predicted octanol–water partition coefficient (Wildman–Crippen LogP) is 3.00. The lowest BCUT2D eigenvalue weighted by Crippen LogP contribution is -2.59. The number of halogens is 1. The van der Waals surface area contributed by atoms with Crippen molar-refractivity contribution in [1.82, 2.24) is 14.8 Å². The lowest BCUT2D eigenvalue weighted by Gasteiger charge is -2.47. The minimum Gasteiger partial charge on any atom is -0.375 e. The SMILES string of the molecule is Cc1ccc(F)cc1CN1CC[C@H]2OCCN(Cc3cccnc3)[C@@H]2C1. The first-order valence-electron chi connectivity index (χ1n) is 9.41. The van der Waals surface area contributed by atoms with Crippen LogP contribution in [0, 0.1) is 12.7 Å². The zero-order chi connectivity index (χ0) is 17.9. The van der Waals surface area contributed by atoms with Gasteiger partial charge in [-0.15, -0.1) is 0 Å². The minimum absolute atomic E-state index is 0.153. The second-order valence-corrected chi connectivity index (χ2v) is 7.40. The Morgan fingerprint density at radius 1 is 1.23 bits per heavy atom. The molecule has 0 spiro atoms.